The van der Waals surface area contributed by atoms with Gasteiger partial charge in [0.25, 0.3) is 11.8 Å². The van der Waals surface area contributed by atoms with Crippen molar-refractivity contribution in [1.82, 2.24) is 5.32 Å². The van der Waals surface area contributed by atoms with Crippen LogP contribution >= 0.6 is 11.8 Å². The quantitative estimate of drug-likeness (QED) is 0.119. The Bertz CT molecular complexity index is 1660. The molecule has 0 aliphatic rings. The first kappa shape index (κ1) is 31.6. The average Bonchev–Trinajstić information content (AvgIpc) is 3.03. The van der Waals surface area contributed by atoms with Crippen LogP contribution in [0.15, 0.2) is 114 Å². The summed E-state index contributed by atoms with van der Waals surface area (Å²) in [5.74, 6) is -0.743. The molecular weight excluding hydrogens is 576 g/mol. The third-order valence-electron chi connectivity index (χ3n) is 6.23. The summed E-state index contributed by atoms with van der Waals surface area (Å²) in [7, 11) is 1.53. The number of hydrogen-bond acceptors (Lipinski definition) is 6. The van der Waals surface area contributed by atoms with Gasteiger partial charge in [-0.05, 0) is 79.7 Å². The number of carbonyl (C=O) groups excluding carboxylic acids is 4. The molecule has 4 aromatic carbocycles. The molecule has 0 saturated carbocycles. The monoisotopic (exact) mass is 608 g/mol. The summed E-state index contributed by atoms with van der Waals surface area (Å²) in [5.41, 5.74) is 2.84. The Balaban J connectivity index is 1.41. The number of hydrogen-bond donors (Lipinski definition) is 4. The van der Waals surface area contributed by atoms with E-state index in [1.807, 2.05) is 12.1 Å². The summed E-state index contributed by atoms with van der Waals surface area (Å²) < 4.78 is 5.41. The average molecular weight is 609 g/mol. The van der Waals surface area contributed by atoms with Crippen molar-refractivity contribution in [3.05, 3.63) is 120 Å². The van der Waals surface area contributed by atoms with Crippen molar-refractivity contribution in [3.8, 4) is 5.75 Å². The minimum Gasteiger partial charge on any atom is -0.496 e. The van der Waals surface area contributed by atoms with E-state index in [1.165, 1.54) is 25.8 Å². The van der Waals surface area contributed by atoms with Gasteiger partial charge in [-0.1, -0.05) is 36.4 Å². The van der Waals surface area contributed by atoms with E-state index in [4.69, 9.17) is 4.74 Å². The Kier molecular flexibility index (Phi) is 10.9. The Morgan fingerprint density at radius 2 is 1.30 bits per heavy atom. The minimum absolute atomic E-state index is 0.0391. The van der Waals surface area contributed by atoms with Gasteiger partial charge in [-0.25, -0.2) is 0 Å². The largest absolute Gasteiger partial charge is 0.496 e. The number of para-hydroxylation sites is 1. The summed E-state index contributed by atoms with van der Waals surface area (Å²) in [6, 6.07) is 29.7. The highest BCUT2D eigenvalue weighted by molar-refractivity contribution is 8.00. The summed E-state index contributed by atoms with van der Waals surface area (Å²) in [4.78, 5) is 51.0. The number of ether oxygens (including phenoxy) is 1. The highest BCUT2D eigenvalue weighted by Gasteiger charge is 2.17. The molecular formula is C34H32N4O5S. The fraction of sp³-hybridized carbons (Fsp3) is 0.118. The number of nitrogens with one attached hydrogen (secondary N) is 4. The second-order valence-corrected chi connectivity index (χ2v) is 11.0. The van der Waals surface area contributed by atoms with E-state index >= 15 is 0 Å². The normalized spacial score (nSPS) is 11.6. The van der Waals surface area contributed by atoms with E-state index in [2.05, 4.69) is 21.3 Å². The van der Waals surface area contributed by atoms with Gasteiger partial charge >= 0.3 is 0 Å². The van der Waals surface area contributed by atoms with E-state index in [9.17, 15) is 19.2 Å². The molecule has 4 rings (SSSR count). The summed E-state index contributed by atoms with van der Waals surface area (Å²) in [6.07, 6.45) is 1.56. The molecule has 1 unspecified atom stereocenters. The second kappa shape index (κ2) is 15.2. The predicted molar refractivity (Wildman–Crippen MR) is 175 cm³/mol. The molecule has 4 N–H and O–H groups in total. The molecule has 0 aliphatic carbocycles. The first-order valence-electron chi connectivity index (χ1n) is 13.7. The first-order valence-corrected chi connectivity index (χ1v) is 14.6. The Labute approximate surface area is 260 Å². The second-order valence-electron chi connectivity index (χ2n) is 9.61. The Morgan fingerprint density at radius 3 is 1.93 bits per heavy atom. The molecule has 0 spiro atoms. The van der Waals surface area contributed by atoms with Crippen molar-refractivity contribution in [1.29, 1.82) is 0 Å². The topological polar surface area (TPSA) is 126 Å². The maximum atomic E-state index is 13.4. The lowest BCUT2D eigenvalue weighted by Gasteiger charge is -2.14. The molecule has 1 atom stereocenters. The number of benzene rings is 4. The van der Waals surface area contributed by atoms with Crippen molar-refractivity contribution >= 4 is 58.5 Å². The summed E-state index contributed by atoms with van der Waals surface area (Å²) in [6.45, 7) is 3.23. The van der Waals surface area contributed by atoms with Crippen molar-refractivity contribution in [2.24, 2.45) is 0 Å². The molecule has 0 heterocycles. The van der Waals surface area contributed by atoms with Gasteiger partial charge in [0.15, 0.2) is 0 Å². The molecule has 44 heavy (non-hydrogen) atoms. The van der Waals surface area contributed by atoms with Gasteiger partial charge in [-0.2, -0.15) is 0 Å². The zero-order valence-electron chi connectivity index (χ0n) is 24.4. The molecule has 0 radical (unpaired) electrons. The fourth-order valence-electron chi connectivity index (χ4n) is 4.04. The highest BCUT2D eigenvalue weighted by Crippen LogP contribution is 2.26. The van der Waals surface area contributed by atoms with Crippen molar-refractivity contribution in [2.75, 3.05) is 23.1 Å². The Hall–Kier alpha value is -5.35. The molecule has 0 aromatic heterocycles. The van der Waals surface area contributed by atoms with E-state index in [0.29, 0.717) is 33.9 Å². The molecule has 0 aliphatic heterocycles. The van der Waals surface area contributed by atoms with Crippen LogP contribution in [-0.4, -0.2) is 36.0 Å². The third kappa shape index (κ3) is 9.07. The number of methoxy groups -OCH3 is 1. The number of rotatable bonds is 11. The van der Waals surface area contributed by atoms with Crippen LogP contribution in [0.5, 0.6) is 5.75 Å². The lowest BCUT2D eigenvalue weighted by atomic mass is 10.1. The third-order valence-corrected chi connectivity index (χ3v) is 7.35. The molecule has 9 nitrogen and oxygen atoms in total. The fourth-order valence-corrected chi connectivity index (χ4v) is 4.91. The first-order chi connectivity index (χ1) is 21.2. The van der Waals surface area contributed by atoms with Crippen LogP contribution in [0.4, 0.5) is 17.1 Å². The van der Waals surface area contributed by atoms with Gasteiger partial charge in [-0.3, -0.25) is 19.2 Å². The van der Waals surface area contributed by atoms with Gasteiger partial charge in [0.05, 0.1) is 12.4 Å². The molecule has 0 saturated heterocycles. The number of anilines is 3. The van der Waals surface area contributed by atoms with Crippen LogP contribution in [0, 0.1) is 0 Å². The predicted octanol–water partition coefficient (Wildman–Crippen LogP) is 6.18. The SMILES string of the molecule is COc1ccccc1/C=C(\NC(=O)c1ccccc1)C(=O)Nc1ccc(SC(C)C(=O)Nc2ccc(NC(C)=O)cc2)cc1. The van der Waals surface area contributed by atoms with Crippen LogP contribution < -0.4 is 26.0 Å². The van der Waals surface area contributed by atoms with Crippen LogP contribution in [0.25, 0.3) is 6.08 Å². The smallest absolute Gasteiger partial charge is 0.272 e. The van der Waals surface area contributed by atoms with Crippen LogP contribution in [-0.2, 0) is 14.4 Å². The van der Waals surface area contributed by atoms with E-state index < -0.39 is 17.1 Å². The van der Waals surface area contributed by atoms with Gasteiger partial charge in [0.1, 0.15) is 11.4 Å². The van der Waals surface area contributed by atoms with Crippen LogP contribution in [0.2, 0.25) is 0 Å². The molecule has 0 bridgehead atoms. The van der Waals surface area contributed by atoms with E-state index in [0.717, 1.165) is 4.90 Å². The highest BCUT2D eigenvalue weighted by atomic mass is 32.2. The molecule has 0 fully saturated rings. The Morgan fingerprint density at radius 1 is 0.727 bits per heavy atom. The lowest BCUT2D eigenvalue weighted by Crippen LogP contribution is -2.30. The van der Waals surface area contributed by atoms with Crippen molar-refractivity contribution in [3.63, 3.8) is 0 Å². The van der Waals surface area contributed by atoms with Gasteiger partial charge in [0, 0.05) is 40.0 Å². The standard InChI is InChI=1S/C34H32N4O5S/c1-22(32(40)36-27-15-13-26(14-16-27)35-23(2)39)44-29-19-17-28(18-20-29)37-34(42)30(21-25-11-7-8-12-31(25)43-3)38-33(41)24-9-5-4-6-10-24/h4-22H,1-3H3,(H,35,39)(H,36,40)(H,37,42)(H,38,41)/b30-21-. The number of amides is 4. The summed E-state index contributed by atoms with van der Waals surface area (Å²) >= 11 is 1.36. The molecule has 224 valence electrons. The maximum Gasteiger partial charge on any atom is 0.272 e. The number of thioether (sulfide) groups is 1. The van der Waals surface area contributed by atoms with E-state index in [1.54, 1.807) is 104 Å². The molecule has 4 amide bonds. The van der Waals surface area contributed by atoms with E-state index in [-0.39, 0.29) is 17.5 Å². The minimum atomic E-state index is -0.516. The van der Waals surface area contributed by atoms with Crippen molar-refractivity contribution in [2.45, 2.75) is 24.0 Å². The lowest BCUT2D eigenvalue weighted by molar-refractivity contribution is -0.115. The van der Waals surface area contributed by atoms with Crippen LogP contribution in [0.3, 0.4) is 0 Å². The van der Waals surface area contributed by atoms with Gasteiger partial charge in [0.2, 0.25) is 11.8 Å². The van der Waals surface area contributed by atoms with Gasteiger partial charge < -0.3 is 26.0 Å². The molecule has 10 heteroatoms. The molecule has 4 aromatic rings. The zero-order valence-corrected chi connectivity index (χ0v) is 25.2. The number of carbonyl (C=O) groups is 4. The van der Waals surface area contributed by atoms with Crippen molar-refractivity contribution < 1.29 is 23.9 Å². The van der Waals surface area contributed by atoms with Gasteiger partial charge in [-0.15, -0.1) is 11.8 Å². The van der Waals surface area contributed by atoms with Crippen LogP contribution in [0.1, 0.15) is 29.8 Å². The summed E-state index contributed by atoms with van der Waals surface area (Å²) in [5, 5.41) is 10.7. The maximum absolute atomic E-state index is 13.4. The zero-order chi connectivity index (χ0) is 31.5.